The van der Waals surface area contributed by atoms with Crippen molar-refractivity contribution in [2.45, 2.75) is 39.7 Å². The van der Waals surface area contributed by atoms with E-state index in [1.807, 2.05) is 26.8 Å². The summed E-state index contributed by atoms with van der Waals surface area (Å²) in [6.07, 6.45) is 2.13. The van der Waals surface area contributed by atoms with Crippen molar-refractivity contribution in [3.63, 3.8) is 0 Å². The maximum Gasteiger partial charge on any atom is 0.209 e. The number of nitrogens with one attached hydrogen (secondary N) is 3. The smallest absolute Gasteiger partial charge is 0.209 e. The summed E-state index contributed by atoms with van der Waals surface area (Å²) in [6, 6.07) is 10.4. The molecule has 0 spiro atoms. The number of benzene rings is 1. The molecule has 0 fully saturated rings. The van der Waals surface area contributed by atoms with E-state index >= 15 is 0 Å². The highest BCUT2D eigenvalue weighted by Gasteiger charge is 2.21. The van der Waals surface area contributed by atoms with Crippen molar-refractivity contribution in [2.75, 3.05) is 43.9 Å². The molecule has 0 bridgehead atoms. The van der Waals surface area contributed by atoms with Crippen LogP contribution in [0, 0.1) is 0 Å². The molecule has 1 aromatic rings. The Bertz CT molecular complexity index is 681. The van der Waals surface area contributed by atoms with E-state index in [1.54, 1.807) is 0 Å². The molecule has 0 heterocycles. The number of anilines is 1. The van der Waals surface area contributed by atoms with Crippen LogP contribution in [0.3, 0.4) is 0 Å². The van der Waals surface area contributed by atoms with Crippen LogP contribution in [0.1, 0.15) is 34.1 Å². The highest BCUT2D eigenvalue weighted by atomic mass is 127. The first-order valence-corrected chi connectivity index (χ1v) is 11.4. The first-order chi connectivity index (χ1) is 12.7. The first kappa shape index (κ1) is 26.9. The quantitative estimate of drug-likeness (QED) is 0.179. The Morgan fingerprint density at radius 3 is 2.32 bits per heavy atom. The van der Waals surface area contributed by atoms with Crippen LogP contribution < -0.4 is 20.3 Å². The largest absolute Gasteiger partial charge is 0.372 e. The van der Waals surface area contributed by atoms with Gasteiger partial charge >= 0.3 is 0 Å². The van der Waals surface area contributed by atoms with Gasteiger partial charge in [-0.05, 0) is 46.2 Å². The van der Waals surface area contributed by atoms with Crippen LogP contribution in [0.2, 0.25) is 0 Å². The van der Waals surface area contributed by atoms with Crippen LogP contribution in [0.5, 0.6) is 0 Å². The Morgan fingerprint density at radius 1 is 1.14 bits per heavy atom. The monoisotopic (exact) mass is 525 g/mol. The lowest BCUT2D eigenvalue weighted by atomic mass is 10.1. The number of halogens is 1. The summed E-state index contributed by atoms with van der Waals surface area (Å²) in [4.78, 5) is 6.86. The van der Waals surface area contributed by atoms with Crippen molar-refractivity contribution in [3.8, 4) is 0 Å². The standard InChI is InChI=1S/C19H35N5O2S.HI/c1-6-20-18(22-16-19(3,4)23-27(5,25)26)21-14-11-15-24(7-2)17-12-9-8-10-13-17;/h8-10,12-13,23H,6-7,11,14-16H2,1-5H3,(H2,20,21,22);1H. The third-order valence-corrected chi connectivity index (χ3v) is 4.76. The molecule has 0 saturated carbocycles. The van der Waals surface area contributed by atoms with Crippen molar-refractivity contribution >= 4 is 45.6 Å². The minimum Gasteiger partial charge on any atom is -0.372 e. The summed E-state index contributed by atoms with van der Waals surface area (Å²) in [5, 5.41) is 6.52. The van der Waals surface area contributed by atoms with Crippen molar-refractivity contribution in [1.82, 2.24) is 15.4 Å². The van der Waals surface area contributed by atoms with Crippen LogP contribution in [0.25, 0.3) is 0 Å². The summed E-state index contributed by atoms with van der Waals surface area (Å²) in [7, 11) is -3.27. The number of aliphatic imine (C=N–C) groups is 1. The maximum absolute atomic E-state index is 11.4. The number of nitrogens with zero attached hydrogens (tertiary/aromatic N) is 2. The topological polar surface area (TPSA) is 85.8 Å². The first-order valence-electron chi connectivity index (χ1n) is 9.48. The van der Waals surface area contributed by atoms with Crippen molar-refractivity contribution in [2.24, 2.45) is 4.99 Å². The van der Waals surface area contributed by atoms with Gasteiger partial charge < -0.3 is 15.5 Å². The van der Waals surface area contributed by atoms with Crippen LogP contribution in [0.15, 0.2) is 35.3 Å². The van der Waals surface area contributed by atoms with E-state index in [0.29, 0.717) is 12.5 Å². The van der Waals surface area contributed by atoms with Gasteiger partial charge in [-0.1, -0.05) is 18.2 Å². The molecule has 162 valence electrons. The SMILES string of the molecule is CCNC(=NCC(C)(C)NS(C)(=O)=O)NCCCN(CC)c1ccccc1.I. The Kier molecular flexibility index (Phi) is 12.7. The van der Waals surface area contributed by atoms with Crippen molar-refractivity contribution in [3.05, 3.63) is 30.3 Å². The lowest BCUT2D eigenvalue weighted by molar-refractivity contribution is 0.464. The lowest BCUT2D eigenvalue weighted by Crippen LogP contribution is -2.47. The zero-order chi connectivity index (χ0) is 20.3. The fourth-order valence-corrected chi connectivity index (χ4v) is 3.81. The molecule has 1 aromatic carbocycles. The van der Waals surface area contributed by atoms with Gasteiger partial charge in [0.05, 0.1) is 12.8 Å². The predicted molar refractivity (Wildman–Crippen MR) is 130 cm³/mol. The average molecular weight is 526 g/mol. The maximum atomic E-state index is 11.4. The van der Waals surface area contributed by atoms with Crippen molar-refractivity contribution in [1.29, 1.82) is 0 Å². The molecule has 0 aliphatic carbocycles. The number of hydrogen-bond acceptors (Lipinski definition) is 4. The molecule has 0 aliphatic heterocycles. The normalized spacial score (nSPS) is 12.2. The molecule has 0 saturated heterocycles. The predicted octanol–water partition coefficient (Wildman–Crippen LogP) is 2.40. The van der Waals surface area contributed by atoms with Crippen LogP contribution >= 0.6 is 24.0 Å². The van der Waals surface area contributed by atoms with E-state index in [9.17, 15) is 8.42 Å². The third-order valence-electron chi connectivity index (χ3n) is 3.84. The lowest BCUT2D eigenvalue weighted by Gasteiger charge is -2.24. The van der Waals surface area contributed by atoms with Crippen LogP contribution in [-0.2, 0) is 10.0 Å². The molecule has 1 rings (SSSR count). The molecule has 7 nitrogen and oxygen atoms in total. The number of para-hydroxylation sites is 1. The molecular formula is C19H36IN5O2S. The fourth-order valence-electron chi connectivity index (χ4n) is 2.74. The summed E-state index contributed by atoms with van der Waals surface area (Å²) in [5.74, 6) is 0.698. The van der Waals surface area contributed by atoms with Gasteiger partial charge in [-0.25, -0.2) is 13.1 Å². The zero-order valence-electron chi connectivity index (χ0n) is 17.7. The molecule has 9 heteroatoms. The highest BCUT2D eigenvalue weighted by molar-refractivity contribution is 14.0. The van der Waals surface area contributed by atoms with Gasteiger partial charge in [0, 0.05) is 37.4 Å². The van der Waals surface area contributed by atoms with Crippen LogP contribution in [0.4, 0.5) is 5.69 Å². The Morgan fingerprint density at radius 2 is 1.79 bits per heavy atom. The molecule has 28 heavy (non-hydrogen) atoms. The van der Waals surface area contributed by atoms with Gasteiger partial charge in [-0.3, -0.25) is 4.99 Å². The summed E-state index contributed by atoms with van der Waals surface area (Å²) in [6.45, 7) is 11.6. The highest BCUT2D eigenvalue weighted by Crippen LogP contribution is 2.12. The minimum atomic E-state index is -3.27. The third kappa shape index (κ3) is 11.7. The number of sulfonamides is 1. The van der Waals surface area contributed by atoms with E-state index in [-0.39, 0.29) is 24.0 Å². The molecule has 0 amide bonds. The molecular weight excluding hydrogens is 489 g/mol. The second kappa shape index (κ2) is 13.2. The van der Waals surface area contributed by atoms with E-state index in [1.165, 1.54) is 5.69 Å². The average Bonchev–Trinajstić information content (AvgIpc) is 2.58. The van der Waals surface area contributed by atoms with Crippen LogP contribution in [-0.4, -0.2) is 58.9 Å². The molecule has 0 radical (unpaired) electrons. The number of guanidine groups is 1. The summed E-state index contributed by atoms with van der Waals surface area (Å²) < 4.78 is 25.5. The Labute approximate surface area is 187 Å². The van der Waals surface area contributed by atoms with E-state index in [4.69, 9.17) is 0 Å². The molecule has 0 atom stereocenters. The molecule has 0 aromatic heterocycles. The molecule has 0 unspecified atom stereocenters. The van der Waals surface area contributed by atoms with Gasteiger partial charge in [-0.15, -0.1) is 24.0 Å². The molecule has 0 aliphatic rings. The summed E-state index contributed by atoms with van der Waals surface area (Å²) in [5.41, 5.74) is 0.594. The van der Waals surface area contributed by atoms with Gasteiger partial charge in [0.25, 0.3) is 0 Å². The number of hydrogen-bond donors (Lipinski definition) is 3. The second-order valence-corrected chi connectivity index (χ2v) is 8.90. The van der Waals surface area contributed by atoms with Gasteiger partial charge in [0.1, 0.15) is 0 Å². The van der Waals surface area contributed by atoms with E-state index in [2.05, 4.69) is 56.4 Å². The van der Waals surface area contributed by atoms with Gasteiger partial charge in [0.2, 0.25) is 10.0 Å². The molecule has 3 N–H and O–H groups in total. The zero-order valence-corrected chi connectivity index (χ0v) is 20.8. The fraction of sp³-hybridized carbons (Fsp3) is 0.632. The van der Waals surface area contributed by atoms with Gasteiger partial charge in [-0.2, -0.15) is 0 Å². The van der Waals surface area contributed by atoms with Gasteiger partial charge in [0.15, 0.2) is 5.96 Å². The van der Waals surface area contributed by atoms with E-state index < -0.39 is 15.6 Å². The minimum absolute atomic E-state index is 0. The van der Waals surface area contributed by atoms with E-state index in [0.717, 1.165) is 38.9 Å². The second-order valence-electron chi connectivity index (χ2n) is 7.15. The number of rotatable bonds is 11. The Balaban J connectivity index is 0.00000729. The van der Waals surface area contributed by atoms with Crippen molar-refractivity contribution < 1.29 is 8.42 Å². The summed E-state index contributed by atoms with van der Waals surface area (Å²) >= 11 is 0. The Hall–Kier alpha value is -1.07.